The number of ketones is 1. The van der Waals surface area contributed by atoms with E-state index in [2.05, 4.69) is 4.90 Å². The van der Waals surface area contributed by atoms with Crippen LogP contribution in [0.4, 0.5) is 15.8 Å². The average molecular weight is 417 g/mol. The molecule has 3 fully saturated rings. The van der Waals surface area contributed by atoms with Crippen molar-refractivity contribution < 1.29 is 23.8 Å². The van der Waals surface area contributed by atoms with Crippen molar-refractivity contribution in [2.45, 2.75) is 43.4 Å². The lowest BCUT2D eigenvalue weighted by atomic mass is 9.95. The minimum absolute atomic E-state index is 0.00696. The largest absolute Gasteiger partial charge is 0.622 e. The molecule has 0 radical (unpaired) electrons. The lowest BCUT2D eigenvalue weighted by Crippen LogP contribution is -2.46. The van der Waals surface area contributed by atoms with Crippen molar-refractivity contribution in [1.82, 2.24) is 4.65 Å². The summed E-state index contributed by atoms with van der Waals surface area (Å²) in [5, 5.41) is 23.3. The molecule has 2 aliphatic carbocycles. The number of fused-ring (bicyclic) bond motifs is 1. The number of nitrogens with zero attached hydrogens (tertiary/aromatic N) is 2. The number of alkyl halides is 1. The van der Waals surface area contributed by atoms with E-state index in [1.54, 1.807) is 6.07 Å². The van der Waals surface area contributed by atoms with Crippen LogP contribution in [0.3, 0.4) is 0 Å². The maximum absolute atomic E-state index is 14.0. The Kier molecular flexibility index (Phi) is 4.06. The van der Waals surface area contributed by atoms with E-state index in [1.807, 2.05) is 0 Å². The first kappa shape index (κ1) is 19.5. The summed E-state index contributed by atoms with van der Waals surface area (Å²) in [6.07, 6.45) is 2.41. The number of ether oxygens (including phenoxy) is 1. The Morgan fingerprint density at radius 1 is 1.43 bits per heavy atom. The third-order valence-electron chi connectivity index (χ3n) is 7.05. The zero-order valence-electron chi connectivity index (χ0n) is 16.6. The van der Waals surface area contributed by atoms with E-state index in [1.165, 1.54) is 13.2 Å². The Morgan fingerprint density at radius 3 is 2.70 bits per heavy atom. The van der Waals surface area contributed by atoms with Crippen LogP contribution in [0, 0.1) is 11.1 Å². The molecule has 9 heteroatoms. The van der Waals surface area contributed by atoms with Crippen LogP contribution in [0.1, 0.15) is 36.0 Å². The van der Waals surface area contributed by atoms with Crippen LogP contribution >= 0.6 is 0 Å². The standard InChI is InChI=1S/C21H24FN3O5/c1-30-19-15(24-7-4-11(9-24)21(23)5-6-21)3-2-12-17(19)25(29,16-8-14(16)22)10-13(18(12)26)20(27)28/h2-3,10-11,14,16H,4-9,23H2,1H3,(H,27,28)/t11-,14-,16-,25?/m1/s1. The Labute approximate surface area is 172 Å². The van der Waals surface area contributed by atoms with Gasteiger partial charge in [0, 0.05) is 25.0 Å². The van der Waals surface area contributed by atoms with Crippen LogP contribution in [0.2, 0.25) is 0 Å². The van der Waals surface area contributed by atoms with Gasteiger partial charge in [0.05, 0.1) is 18.4 Å². The zero-order chi connectivity index (χ0) is 21.4. The van der Waals surface area contributed by atoms with Gasteiger partial charge in [0.15, 0.2) is 17.4 Å². The van der Waals surface area contributed by atoms with E-state index in [9.17, 15) is 24.3 Å². The molecule has 0 spiro atoms. The Balaban J connectivity index is 1.62. The summed E-state index contributed by atoms with van der Waals surface area (Å²) in [5.41, 5.74) is 6.22. The minimum Gasteiger partial charge on any atom is -0.622 e. The second-order valence-electron chi connectivity index (χ2n) is 8.88. The number of hydrogen-bond donors (Lipinski definition) is 2. The number of quaternary nitrogens is 1. The highest BCUT2D eigenvalue weighted by molar-refractivity contribution is 6.27. The average Bonchev–Trinajstić information content (AvgIpc) is 3.59. The topological polar surface area (TPSA) is 116 Å². The molecule has 1 unspecified atom stereocenters. The van der Waals surface area contributed by atoms with Gasteiger partial charge >= 0.3 is 5.97 Å². The molecule has 5 rings (SSSR count). The molecular weight excluding hydrogens is 393 g/mol. The summed E-state index contributed by atoms with van der Waals surface area (Å²) in [6.45, 7) is 1.45. The van der Waals surface area contributed by atoms with Gasteiger partial charge < -0.3 is 25.7 Å². The molecule has 4 atom stereocenters. The van der Waals surface area contributed by atoms with Gasteiger partial charge in [-0.15, -0.1) is 0 Å². The summed E-state index contributed by atoms with van der Waals surface area (Å²) >= 11 is 0. The van der Waals surface area contributed by atoms with Crippen LogP contribution in [0.5, 0.6) is 5.75 Å². The molecule has 1 aromatic carbocycles. The van der Waals surface area contributed by atoms with E-state index < -0.39 is 34.2 Å². The molecule has 0 aromatic heterocycles. The summed E-state index contributed by atoms with van der Waals surface area (Å²) in [4.78, 5) is 26.4. The summed E-state index contributed by atoms with van der Waals surface area (Å²) in [5.74, 6) is -1.72. The van der Waals surface area contributed by atoms with Crippen LogP contribution in [-0.4, -0.2) is 54.8 Å². The highest BCUT2D eigenvalue weighted by Gasteiger charge is 2.56. The molecule has 2 aliphatic heterocycles. The maximum atomic E-state index is 14.0. The maximum Gasteiger partial charge on any atom is 0.345 e. The Bertz CT molecular complexity index is 991. The van der Waals surface area contributed by atoms with Gasteiger partial charge in [0.1, 0.15) is 12.2 Å². The second kappa shape index (κ2) is 6.26. The lowest BCUT2D eigenvalue weighted by Gasteiger charge is -2.43. The number of methoxy groups -OCH3 is 1. The number of carbonyl (C=O) groups is 2. The molecule has 8 nitrogen and oxygen atoms in total. The second-order valence-corrected chi connectivity index (χ2v) is 8.88. The van der Waals surface area contributed by atoms with Gasteiger partial charge in [0.2, 0.25) is 11.5 Å². The molecule has 4 aliphatic rings. The van der Waals surface area contributed by atoms with Crippen LogP contribution < -0.4 is 20.0 Å². The number of halogens is 1. The highest BCUT2D eigenvalue weighted by Crippen LogP contribution is 2.53. The van der Waals surface area contributed by atoms with Gasteiger partial charge in [-0.3, -0.25) is 9.44 Å². The molecular formula is C21H24FN3O5. The van der Waals surface area contributed by atoms with Gasteiger partial charge in [-0.2, -0.15) is 0 Å². The molecule has 3 N–H and O–H groups in total. The number of carbonyl (C=O) groups excluding carboxylic acids is 1. The Hall–Kier alpha value is -2.49. The quantitative estimate of drug-likeness (QED) is 0.428. The molecule has 0 amide bonds. The predicted octanol–water partition coefficient (Wildman–Crippen LogP) is 2.09. The molecule has 160 valence electrons. The number of carboxylic acid groups (broad SMARTS) is 1. The molecule has 2 saturated carbocycles. The number of anilines is 1. The van der Waals surface area contributed by atoms with Crippen molar-refractivity contribution in [2.24, 2.45) is 11.7 Å². The third kappa shape index (κ3) is 2.69. The van der Waals surface area contributed by atoms with E-state index >= 15 is 0 Å². The third-order valence-corrected chi connectivity index (χ3v) is 7.05. The number of nitrogens with two attached hydrogens (primary N) is 1. The van der Waals surface area contributed by atoms with E-state index in [0.717, 1.165) is 32.0 Å². The number of aliphatic carboxylic acids is 1. The molecule has 1 saturated heterocycles. The van der Waals surface area contributed by atoms with Crippen molar-refractivity contribution in [2.75, 3.05) is 25.1 Å². The first-order valence-electron chi connectivity index (χ1n) is 10.2. The summed E-state index contributed by atoms with van der Waals surface area (Å²) < 4.78 is 18.3. The van der Waals surface area contributed by atoms with Gasteiger partial charge in [-0.25, -0.2) is 9.18 Å². The van der Waals surface area contributed by atoms with Gasteiger partial charge in [-0.05, 0) is 37.3 Å². The first-order valence-corrected chi connectivity index (χ1v) is 10.2. The molecule has 2 heterocycles. The van der Waals surface area contributed by atoms with E-state index in [0.29, 0.717) is 18.2 Å². The fourth-order valence-corrected chi connectivity index (χ4v) is 4.96. The molecule has 30 heavy (non-hydrogen) atoms. The number of rotatable bonds is 5. The summed E-state index contributed by atoms with van der Waals surface area (Å²) in [6, 6.07) is 2.16. The fourth-order valence-electron chi connectivity index (χ4n) is 4.96. The van der Waals surface area contributed by atoms with E-state index in [-0.39, 0.29) is 29.0 Å². The van der Waals surface area contributed by atoms with E-state index in [4.69, 9.17) is 10.5 Å². The number of Topliss-reactive ketones (excluding diaryl/α,β-unsaturated/α-hetero) is 1. The predicted molar refractivity (Wildman–Crippen MR) is 108 cm³/mol. The normalized spacial score (nSPS) is 33.7. The Morgan fingerprint density at radius 2 is 2.13 bits per heavy atom. The molecule has 1 aromatic rings. The van der Waals surface area contributed by atoms with Crippen LogP contribution in [-0.2, 0) is 4.79 Å². The number of hydroxylamine groups is 2. The van der Waals surface area contributed by atoms with Crippen molar-refractivity contribution in [3.8, 4) is 5.75 Å². The van der Waals surface area contributed by atoms with Crippen LogP contribution in [0.15, 0.2) is 23.9 Å². The van der Waals surface area contributed by atoms with Gasteiger partial charge in [-0.1, -0.05) is 0 Å². The van der Waals surface area contributed by atoms with Crippen molar-refractivity contribution >= 4 is 23.1 Å². The van der Waals surface area contributed by atoms with Crippen molar-refractivity contribution in [3.05, 3.63) is 34.7 Å². The van der Waals surface area contributed by atoms with Gasteiger partial charge in [0.25, 0.3) is 0 Å². The summed E-state index contributed by atoms with van der Waals surface area (Å²) in [7, 11) is 1.41. The molecule has 0 bridgehead atoms. The van der Waals surface area contributed by atoms with Crippen LogP contribution in [0.25, 0.3) is 0 Å². The number of benzene rings is 1. The lowest BCUT2D eigenvalue weighted by molar-refractivity contribution is -0.132. The fraction of sp³-hybridized carbons (Fsp3) is 0.524. The smallest absolute Gasteiger partial charge is 0.345 e. The van der Waals surface area contributed by atoms with Crippen molar-refractivity contribution in [3.63, 3.8) is 0 Å². The highest BCUT2D eigenvalue weighted by atomic mass is 19.1. The monoisotopic (exact) mass is 417 g/mol. The minimum atomic E-state index is -1.50. The SMILES string of the molecule is COc1c(N2CC[C@@H](C3(N)CC3)C2)ccc2c1[N+]([O-])([C@@H]1C[C@H]1F)C=C(C(=O)O)C2=O. The number of hydrogen-bond acceptors (Lipinski definition) is 6. The zero-order valence-corrected chi connectivity index (χ0v) is 16.6. The first-order chi connectivity index (χ1) is 14.2. The number of carboxylic acids is 1. The van der Waals surface area contributed by atoms with Crippen molar-refractivity contribution in [1.29, 1.82) is 0 Å².